The van der Waals surface area contributed by atoms with Crippen LogP contribution in [0.3, 0.4) is 0 Å². The number of nitrogens with zero attached hydrogens (tertiary/aromatic N) is 2. The number of benzene rings is 1. The molecule has 0 radical (unpaired) electrons. The molecule has 0 spiro atoms. The summed E-state index contributed by atoms with van der Waals surface area (Å²) in [5, 5.41) is 3.83. The number of hydrogen-bond donors (Lipinski definition) is 1. The number of anilines is 1. The van der Waals surface area contributed by atoms with Crippen molar-refractivity contribution in [3.63, 3.8) is 0 Å². The number of piperidine rings is 1. The average molecular weight is 414 g/mol. The van der Waals surface area contributed by atoms with Gasteiger partial charge in [0.2, 0.25) is 11.8 Å². The summed E-state index contributed by atoms with van der Waals surface area (Å²) in [7, 11) is 0. The average Bonchev–Trinajstić information content (AvgIpc) is 2.67. The molecule has 2 aliphatic heterocycles. The highest BCUT2D eigenvalue weighted by molar-refractivity contribution is 6.35. The molecule has 2 saturated heterocycles. The van der Waals surface area contributed by atoms with Crippen LogP contribution in [-0.4, -0.2) is 67.0 Å². The second-order valence-corrected chi connectivity index (χ2v) is 7.94. The molecular weight excluding hydrogens is 389 g/mol. The van der Waals surface area contributed by atoms with E-state index in [-0.39, 0.29) is 23.8 Å². The highest BCUT2D eigenvalue weighted by Gasteiger charge is 2.32. The Hall–Kier alpha value is -1.34. The minimum atomic E-state index is -0.290. The van der Waals surface area contributed by atoms with Crippen molar-refractivity contribution in [2.45, 2.75) is 25.8 Å². The molecule has 1 aromatic carbocycles. The number of amides is 2. The van der Waals surface area contributed by atoms with Crippen molar-refractivity contribution >= 4 is 40.7 Å². The van der Waals surface area contributed by atoms with Crippen LogP contribution in [0.1, 0.15) is 19.8 Å². The highest BCUT2D eigenvalue weighted by atomic mass is 35.5. The normalized spacial score (nSPS) is 20.3. The van der Waals surface area contributed by atoms with Crippen LogP contribution >= 0.6 is 23.2 Å². The molecule has 1 atom stereocenters. The molecule has 0 aromatic heterocycles. The van der Waals surface area contributed by atoms with Crippen LogP contribution in [0.15, 0.2) is 18.2 Å². The maximum atomic E-state index is 12.6. The number of nitrogens with one attached hydrogen (secondary N) is 1. The van der Waals surface area contributed by atoms with Gasteiger partial charge in [-0.25, -0.2) is 0 Å². The Morgan fingerprint density at radius 3 is 2.26 bits per heavy atom. The van der Waals surface area contributed by atoms with E-state index in [1.807, 2.05) is 11.8 Å². The molecule has 2 fully saturated rings. The quantitative estimate of drug-likeness (QED) is 0.823. The molecule has 27 heavy (non-hydrogen) atoms. The molecule has 8 heteroatoms. The molecule has 0 unspecified atom stereocenters. The third-order valence-electron chi connectivity index (χ3n) is 5.26. The van der Waals surface area contributed by atoms with Crippen molar-refractivity contribution in [1.29, 1.82) is 0 Å². The zero-order valence-electron chi connectivity index (χ0n) is 15.4. The number of carbonyl (C=O) groups is 2. The van der Waals surface area contributed by atoms with E-state index in [4.69, 9.17) is 27.9 Å². The number of halogens is 2. The lowest BCUT2D eigenvalue weighted by Crippen LogP contribution is -2.50. The minimum Gasteiger partial charge on any atom is -0.378 e. The van der Waals surface area contributed by atoms with Gasteiger partial charge in [0.1, 0.15) is 0 Å². The maximum absolute atomic E-state index is 12.6. The molecule has 3 rings (SSSR count). The van der Waals surface area contributed by atoms with Gasteiger partial charge in [0.15, 0.2) is 0 Å². The highest BCUT2D eigenvalue weighted by Crippen LogP contribution is 2.24. The minimum absolute atomic E-state index is 0.0429. The van der Waals surface area contributed by atoms with Gasteiger partial charge < -0.3 is 15.0 Å². The van der Waals surface area contributed by atoms with E-state index < -0.39 is 0 Å². The standard InChI is InChI=1S/C19H25Cl2N3O3/c1-13(18(25)22-17-11-15(20)10-16(21)12-17)23-4-2-14(3-5-23)19(26)24-6-8-27-9-7-24/h10-14H,2-9H2,1H3,(H,22,25)/t13-/m0/s1. The first-order valence-electron chi connectivity index (χ1n) is 9.31. The number of likely N-dealkylation sites (tertiary alicyclic amines) is 1. The first-order chi connectivity index (χ1) is 12.9. The van der Waals surface area contributed by atoms with E-state index in [1.54, 1.807) is 18.2 Å². The predicted molar refractivity (Wildman–Crippen MR) is 106 cm³/mol. The van der Waals surface area contributed by atoms with Gasteiger partial charge in [0.05, 0.1) is 19.3 Å². The molecule has 0 bridgehead atoms. The van der Waals surface area contributed by atoms with Crippen LogP contribution in [0, 0.1) is 5.92 Å². The first-order valence-corrected chi connectivity index (χ1v) is 10.1. The van der Waals surface area contributed by atoms with Crippen molar-refractivity contribution in [2.24, 2.45) is 5.92 Å². The van der Waals surface area contributed by atoms with Crippen LogP contribution in [0.5, 0.6) is 0 Å². The lowest BCUT2D eigenvalue weighted by Gasteiger charge is -2.37. The van der Waals surface area contributed by atoms with E-state index >= 15 is 0 Å². The fourth-order valence-electron chi connectivity index (χ4n) is 3.61. The van der Waals surface area contributed by atoms with Crippen LogP contribution in [0.2, 0.25) is 10.0 Å². The van der Waals surface area contributed by atoms with E-state index in [9.17, 15) is 9.59 Å². The lowest BCUT2D eigenvalue weighted by molar-refractivity contribution is -0.141. The summed E-state index contributed by atoms with van der Waals surface area (Å²) in [6, 6.07) is 4.68. The van der Waals surface area contributed by atoms with Gasteiger partial charge in [-0.2, -0.15) is 0 Å². The van der Waals surface area contributed by atoms with Gasteiger partial charge in [-0.15, -0.1) is 0 Å². The summed E-state index contributed by atoms with van der Waals surface area (Å²) in [5.41, 5.74) is 0.585. The second kappa shape index (κ2) is 9.24. The Kier molecular flexibility index (Phi) is 6.98. The molecular formula is C19H25Cl2N3O3. The summed E-state index contributed by atoms with van der Waals surface area (Å²) >= 11 is 12.0. The summed E-state index contributed by atoms with van der Waals surface area (Å²) in [5.74, 6) is 0.163. The monoisotopic (exact) mass is 413 g/mol. The fourth-order valence-corrected chi connectivity index (χ4v) is 4.14. The number of carbonyl (C=O) groups excluding carboxylic acids is 2. The Labute approximate surface area is 169 Å². The number of hydrogen-bond acceptors (Lipinski definition) is 4. The van der Waals surface area contributed by atoms with Crippen molar-refractivity contribution in [1.82, 2.24) is 9.80 Å². The first kappa shape index (κ1) is 20.4. The molecule has 0 saturated carbocycles. The van der Waals surface area contributed by atoms with E-state index in [1.165, 1.54) is 0 Å². The number of morpholine rings is 1. The predicted octanol–water partition coefficient (Wildman–Crippen LogP) is 2.89. The SMILES string of the molecule is C[C@@H](C(=O)Nc1cc(Cl)cc(Cl)c1)N1CCC(C(=O)N2CCOCC2)CC1. The Bertz CT molecular complexity index is 667. The van der Waals surface area contributed by atoms with Crippen molar-refractivity contribution in [2.75, 3.05) is 44.7 Å². The van der Waals surface area contributed by atoms with Gasteiger partial charge in [0, 0.05) is 34.7 Å². The van der Waals surface area contributed by atoms with Crippen molar-refractivity contribution < 1.29 is 14.3 Å². The zero-order chi connectivity index (χ0) is 19.4. The molecule has 148 valence electrons. The molecule has 6 nitrogen and oxygen atoms in total. The third kappa shape index (κ3) is 5.35. The molecule has 2 amide bonds. The summed E-state index contributed by atoms with van der Waals surface area (Å²) in [6.07, 6.45) is 1.55. The van der Waals surface area contributed by atoms with E-state index in [2.05, 4.69) is 10.2 Å². The van der Waals surface area contributed by atoms with Crippen molar-refractivity contribution in [3.8, 4) is 0 Å². The van der Waals surface area contributed by atoms with Gasteiger partial charge in [-0.1, -0.05) is 23.2 Å². The van der Waals surface area contributed by atoms with Crippen LogP contribution in [0.25, 0.3) is 0 Å². The number of ether oxygens (including phenoxy) is 1. The van der Waals surface area contributed by atoms with E-state index in [0.717, 1.165) is 25.9 Å². The van der Waals surface area contributed by atoms with E-state index in [0.29, 0.717) is 42.0 Å². The Balaban J connectivity index is 1.50. The Morgan fingerprint density at radius 2 is 1.67 bits per heavy atom. The zero-order valence-corrected chi connectivity index (χ0v) is 16.9. The maximum Gasteiger partial charge on any atom is 0.241 e. The van der Waals surface area contributed by atoms with Gasteiger partial charge in [0.25, 0.3) is 0 Å². The lowest BCUT2D eigenvalue weighted by atomic mass is 9.94. The van der Waals surface area contributed by atoms with Gasteiger partial charge >= 0.3 is 0 Å². The molecule has 1 N–H and O–H groups in total. The smallest absolute Gasteiger partial charge is 0.241 e. The topological polar surface area (TPSA) is 61.9 Å². The van der Waals surface area contributed by atoms with Crippen molar-refractivity contribution in [3.05, 3.63) is 28.2 Å². The third-order valence-corrected chi connectivity index (χ3v) is 5.70. The molecule has 2 heterocycles. The largest absolute Gasteiger partial charge is 0.378 e. The molecule has 2 aliphatic rings. The fraction of sp³-hybridized carbons (Fsp3) is 0.579. The Morgan fingerprint density at radius 1 is 1.07 bits per heavy atom. The molecule has 0 aliphatic carbocycles. The summed E-state index contributed by atoms with van der Waals surface area (Å²) < 4.78 is 5.31. The van der Waals surface area contributed by atoms with Gasteiger partial charge in [-0.05, 0) is 51.1 Å². The second-order valence-electron chi connectivity index (χ2n) is 7.07. The summed E-state index contributed by atoms with van der Waals surface area (Å²) in [4.78, 5) is 29.2. The number of rotatable bonds is 4. The molecule has 1 aromatic rings. The van der Waals surface area contributed by atoms with Crippen LogP contribution < -0.4 is 5.32 Å². The summed E-state index contributed by atoms with van der Waals surface area (Å²) in [6.45, 7) is 5.94. The van der Waals surface area contributed by atoms with Crippen LogP contribution in [0.4, 0.5) is 5.69 Å². The van der Waals surface area contributed by atoms with Gasteiger partial charge in [-0.3, -0.25) is 14.5 Å². The van der Waals surface area contributed by atoms with Crippen LogP contribution in [-0.2, 0) is 14.3 Å².